The Labute approximate surface area is 215 Å². The van der Waals surface area contributed by atoms with E-state index < -0.39 is 29.6 Å². The van der Waals surface area contributed by atoms with Crippen LogP contribution < -0.4 is 10.6 Å². The van der Waals surface area contributed by atoms with Crippen LogP contribution in [0, 0.1) is 5.92 Å². The normalized spacial score (nSPS) is 20.2. The Morgan fingerprint density at radius 2 is 1.92 bits per heavy atom. The monoisotopic (exact) mass is 529 g/mol. The summed E-state index contributed by atoms with van der Waals surface area (Å²) < 4.78 is 69.7. The number of carbonyl (C=O) groups excluding carboxylic acids is 1. The molecule has 2 atom stereocenters. The summed E-state index contributed by atoms with van der Waals surface area (Å²) in [6.07, 6.45) is 2.69. The molecule has 2 aliphatic carbocycles. The number of benzene rings is 1. The van der Waals surface area contributed by atoms with Crippen LogP contribution in [-0.2, 0) is 31.7 Å². The van der Waals surface area contributed by atoms with Crippen LogP contribution >= 0.6 is 0 Å². The zero-order chi connectivity index (χ0) is 27.3. The Hall–Kier alpha value is -4.30. The van der Waals surface area contributed by atoms with E-state index in [4.69, 9.17) is 14.2 Å². The molecule has 0 saturated carbocycles. The van der Waals surface area contributed by atoms with Crippen LogP contribution in [0.15, 0.2) is 100 Å². The molecule has 1 aromatic carbocycles. The first-order valence-corrected chi connectivity index (χ1v) is 11.4. The third-order valence-corrected chi connectivity index (χ3v) is 5.68. The van der Waals surface area contributed by atoms with Crippen LogP contribution in [0.1, 0.15) is 11.1 Å². The molecule has 198 valence electrons. The van der Waals surface area contributed by atoms with Crippen LogP contribution in [0.3, 0.4) is 0 Å². The highest BCUT2D eigenvalue weighted by Gasteiger charge is 2.33. The summed E-state index contributed by atoms with van der Waals surface area (Å²) in [4.78, 5) is 16.5. The average Bonchev–Trinajstić information content (AvgIpc) is 2.89. The van der Waals surface area contributed by atoms with Crippen molar-refractivity contribution in [1.29, 1.82) is 0 Å². The Morgan fingerprint density at radius 1 is 1.13 bits per heavy atom. The lowest BCUT2D eigenvalue weighted by molar-refractivity contribution is -0.137. The van der Waals surface area contributed by atoms with Crippen molar-refractivity contribution in [2.24, 2.45) is 10.9 Å². The van der Waals surface area contributed by atoms with E-state index >= 15 is 0 Å². The first-order chi connectivity index (χ1) is 18.2. The van der Waals surface area contributed by atoms with Crippen molar-refractivity contribution in [3.63, 3.8) is 0 Å². The van der Waals surface area contributed by atoms with Crippen molar-refractivity contribution in [3.05, 3.63) is 106 Å². The number of halogens is 4. The van der Waals surface area contributed by atoms with E-state index in [1.165, 1.54) is 26.4 Å². The minimum absolute atomic E-state index is 0.0223. The number of alkyl halides is 3. The number of nitrogens with one attached hydrogen (secondary N) is 2. The van der Waals surface area contributed by atoms with Gasteiger partial charge in [0.25, 0.3) is 0 Å². The predicted octanol–water partition coefficient (Wildman–Crippen LogP) is 4.34. The number of hydrogen-bond donors (Lipinski definition) is 2. The minimum atomic E-state index is -4.45. The number of allylic oxidation sites excluding steroid dienone is 3. The van der Waals surface area contributed by atoms with Crippen molar-refractivity contribution in [2.75, 3.05) is 20.8 Å². The molecule has 1 amide bonds. The van der Waals surface area contributed by atoms with E-state index in [-0.39, 0.29) is 30.5 Å². The maximum atomic E-state index is 14.8. The molecule has 0 radical (unpaired) electrons. The lowest BCUT2D eigenvalue weighted by Gasteiger charge is -2.29. The van der Waals surface area contributed by atoms with Gasteiger partial charge in [0.2, 0.25) is 11.7 Å². The Balaban J connectivity index is 1.36. The summed E-state index contributed by atoms with van der Waals surface area (Å²) in [5.74, 6) is -0.859. The number of hydrogen-bond acceptors (Lipinski definition) is 6. The lowest BCUT2D eigenvalue weighted by atomic mass is 9.89. The van der Waals surface area contributed by atoms with Gasteiger partial charge >= 0.3 is 6.18 Å². The minimum Gasteiger partial charge on any atom is -0.493 e. The first kappa shape index (κ1) is 26.8. The van der Waals surface area contributed by atoms with Crippen LogP contribution in [0.5, 0.6) is 0 Å². The molecule has 0 fully saturated rings. The highest BCUT2D eigenvalue weighted by molar-refractivity contribution is 6.01. The molecule has 1 aromatic rings. The number of rotatable bonds is 9. The van der Waals surface area contributed by atoms with Gasteiger partial charge < -0.3 is 24.8 Å². The van der Waals surface area contributed by atoms with Gasteiger partial charge in [0.1, 0.15) is 6.10 Å². The van der Waals surface area contributed by atoms with Crippen LogP contribution in [-0.4, -0.2) is 38.5 Å². The average molecular weight is 529 g/mol. The quantitative estimate of drug-likeness (QED) is 0.368. The summed E-state index contributed by atoms with van der Waals surface area (Å²) in [5, 5.41) is 5.21. The molecule has 0 spiro atoms. The van der Waals surface area contributed by atoms with Crippen molar-refractivity contribution >= 4 is 11.6 Å². The molecular formula is C27H23F4N3O4. The maximum Gasteiger partial charge on any atom is 0.416 e. The summed E-state index contributed by atoms with van der Waals surface area (Å²) in [6.45, 7) is -0.179. The van der Waals surface area contributed by atoms with E-state index in [1.54, 1.807) is 24.4 Å². The van der Waals surface area contributed by atoms with Gasteiger partial charge in [0.05, 0.1) is 43.7 Å². The van der Waals surface area contributed by atoms with Gasteiger partial charge in [-0.25, -0.2) is 4.39 Å². The highest BCUT2D eigenvalue weighted by Crippen LogP contribution is 2.32. The zero-order valence-corrected chi connectivity index (χ0v) is 20.4. The first-order valence-electron chi connectivity index (χ1n) is 11.4. The van der Waals surface area contributed by atoms with Gasteiger partial charge in [-0.05, 0) is 35.2 Å². The standard InChI is InChI=1S/C27H23F4N3O4/c1-36-24-12-19-21(13-25(24)37-2)33-9-8-22(19)38-23-7-6-18(11-20(23)28)34-26(35)15-32-14-16-4-3-5-17(10-16)27(29,30)31/h3-5,8-13,19,22,32H,14-15H2,1-2H3,(H,34,35). The van der Waals surface area contributed by atoms with Crippen molar-refractivity contribution in [3.8, 4) is 0 Å². The van der Waals surface area contributed by atoms with E-state index in [9.17, 15) is 22.4 Å². The molecule has 2 N–H and O–H groups in total. The topological polar surface area (TPSA) is 81.2 Å². The van der Waals surface area contributed by atoms with Gasteiger partial charge in [0.15, 0.2) is 17.3 Å². The number of aliphatic imine (C=N–C) groups is 1. The molecule has 11 heteroatoms. The second-order valence-corrected chi connectivity index (χ2v) is 8.29. The Morgan fingerprint density at radius 3 is 2.63 bits per heavy atom. The zero-order valence-electron chi connectivity index (χ0n) is 20.4. The van der Waals surface area contributed by atoms with E-state index in [1.807, 2.05) is 0 Å². The molecular weight excluding hydrogens is 506 g/mol. The SMILES string of the molecule is COC1=CC2=NC=CC(OC3=C=C=C(NC(=O)CNCc4cccc(C(F)(F)F)c4)C=C3F)C2C=C1OC. The van der Waals surface area contributed by atoms with Crippen molar-refractivity contribution < 1.29 is 36.6 Å². The molecule has 3 aliphatic rings. The van der Waals surface area contributed by atoms with Gasteiger partial charge in [-0.15, -0.1) is 0 Å². The number of ether oxygens (including phenoxy) is 3. The second-order valence-electron chi connectivity index (χ2n) is 8.29. The lowest BCUT2D eigenvalue weighted by Crippen LogP contribution is -2.33. The Kier molecular flexibility index (Phi) is 8.02. The van der Waals surface area contributed by atoms with Gasteiger partial charge in [-0.2, -0.15) is 13.2 Å². The molecule has 0 saturated heterocycles. The maximum absolute atomic E-state index is 14.8. The summed E-state index contributed by atoms with van der Waals surface area (Å²) >= 11 is 0. The number of methoxy groups -OCH3 is 2. The number of nitrogens with zero attached hydrogens (tertiary/aromatic N) is 1. The fourth-order valence-electron chi connectivity index (χ4n) is 3.87. The van der Waals surface area contributed by atoms with Gasteiger partial charge in [-0.3, -0.25) is 9.79 Å². The number of carbonyl (C=O) groups is 1. The fourth-order valence-corrected chi connectivity index (χ4v) is 3.87. The van der Waals surface area contributed by atoms with E-state index in [0.717, 1.165) is 18.2 Å². The molecule has 7 nitrogen and oxygen atoms in total. The second kappa shape index (κ2) is 11.4. The summed E-state index contributed by atoms with van der Waals surface area (Å²) in [5.41, 5.74) is 5.48. The largest absolute Gasteiger partial charge is 0.493 e. The summed E-state index contributed by atoms with van der Waals surface area (Å²) in [6, 6.07) is 4.78. The fraction of sp³-hybridized carbons (Fsp3) is 0.259. The third-order valence-electron chi connectivity index (χ3n) is 5.68. The van der Waals surface area contributed by atoms with Crippen molar-refractivity contribution in [2.45, 2.75) is 18.8 Å². The van der Waals surface area contributed by atoms with Crippen LogP contribution in [0.25, 0.3) is 0 Å². The van der Waals surface area contributed by atoms with E-state index in [2.05, 4.69) is 27.1 Å². The Bertz CT molecular complexity index is 1370. The summed E-state index contributed by atoms with van der Waals surface area (Å²) in [7, 11) is 3.02. The molecule has 0 aromatic heterocycles. The smallest absolute Gasteiger partial charge is 0.416 e. The number of amides is 1. The molecule has 1 heterocycles. The molecule has 1 aliphatic heterocycles. The van der Waals surface area contributed by atoms with Crippen LogP contribution in [0.2, 0.25) is 0 Å². The van der Waals surface area contributed by atoms with Crippen LogP contribution in [0.4, 0.5) is 17.6 Å². The highest BCUT2D eigenvalue weighted by atomic mass is 19.4. The van der Waals surface area contributed by atoms with Crippen molar-refractivity contribution in [1.82, 2.24) is 10.6 Å². The molecule has 4 rings (SSSR count). The molecule has 0 bridgehead atoms. The molecule has 38 heavy (non-hydrogen) atoms. The van der Waals surface area contributed by atoms with Gasteiger partial charge in [-0.1, -0.05) is 18.2 Å². The predicted molar refractivity (Wildman–Crippen MR) is 130 cm³/mol. The van der Waals surface area contributed by atoms with Gasteiger partial charge in [0, 0.05) is 24.9 Å². The number of fused-ring (bicyclic) bond motifs is 1. The van der Waals surface area contributed by atoms with E-state index in [0.29, 0.717) is 22.8 Å². The third kappa shape index (κ3) is 6.33. The molecule has 2 unspecified atom stereocenters.